The molecule has 3 nitrogen and oxygen atoms in total. The van der Waals surface area contributed by atoms with Crippen molar-refractivity contribution in [2.45, 2.75) is 13.0 Å². The molecule has 0 aromatic rings. The molecule has 1 atom stereocenters. The molecule has 0 spiro atoms. The maximum atomic E-state index is 9.91. The van der Waals surface area contributed by atoms with Crippen LogP contribution in [0.15, 0.2) is 0 Å². The molecule has 0 rings (SSSR count). The van der Waals surface area contributed by atoms with Crippen LogP contribution in [0.25, 0.3) is 0 Å². The number of nitrogens with two attached hydrogens (primary N) is 1. The summed E-state index contributed by atoms with van der Waals surface area (Å²) >= 11 is 5.26. The molecule has 0 saturated carbocycles. The molecule has 0 aliphatic heterocycles. The first-order valence-corrected chi connectivity index (χ1v) is 2.72. The van der Waals surface area contributed by atoms with Crippen LogP contribution in [0.4, 0.5) is 4.79 Å². The summed E-state index contributed by atoms with van der Waals surface area (Å²) in [5.74, 6) is 0.281. The smallest absolute Gasteiger partial charge is 0.404 e. The van der Waals surface area contributed by atoms with E-state index in [4.69, 9.17) is 11.6 Å². The Hall–Kier alpha value is -0.440. The maximum absolute atomic E-state index is 9.91. The van der Waals surface area contributed by atoms with Crippen LogP contribution in [-0.2, 0) is 4.74 Å². The van der Waals surface area contributed by atoms with E-state index in [1.165, 1.54) is 0 Å². The van der Waals surface area contributed by atoms with Crippen molar-refractivity contribution in [1.29, 1.82) is 0 Å². The monoisotopic (exact) mass is 137 g/mol. The van der Waals surface area contributed by atoms with E-state index in [0.29, 0.717) is 0 Å². The number of hydrogen-bond donors (Lipinski definition) is 1. The summed E-state index contributed by atoms with van der Waals surface area (Å²) in [4.78, 5) is 9.91. The molecule has 1 amide bonds. The third-order valence-electron chi connectivity index (χ3n) is 0.535. The fraction of sp³-hybridized carbons (Fsp3) is 0.750. The number of primary amides is 1. The summed E-state index contributed by atoms with van der Waals surface area (Å²) in [7, 11) is 0. The van der Waals surface area contributed by atoms with Gasteiger partial charge in [0.1, 0.15) is 6.10 Å². The van der Waals surface area contributed by atoms with Crippen molar-refractivity contribution in [3.8, 4) is 0 Å². The largest absolute Gasteiger partial charge is 0.445 e. The molecule has 4 heteroatoms. The summed E-state index contributed by atoms with van der Waals surface area (Å²) in [6.07, 6.45) is -1.06. The summed E-state index contributed by atoms with van der Waals surface area (Å²) in [5, 5.41) is 0. The Morgan fingerprint density at radius 3 is 2.62 bits per heavy atom. The third kappa shape index (κ3) is 3.74. The van der Waals surface area contributed by atoms with E-state index >= 15 is 0 Å². The zero-order valence-electron chi connectivity index (χ0n) is 4.56. The van der Waals surface area contributed by atoms with Gasteiger partial charge in [0.25, 0.3) is 0 Å². The number of ether oxygens (including phenoxy) is 1. The maximum Gasteiger partial charge on any atom is 0.404 e. The lowest BCUT2D eigenvalue weighted by Gasteiger charge is -2.04. The first-order chi connectivity index (χ1) is 3.66. The molecule has 0 saturated heterocycles. The predicted molar refractivity (Wildman–Crippen MR) is 30.9 cm³/mol. The minimum absolute atomic E-state index is 0.281. The number of hydrogen-bond acceptors (Lipinski definition) is 2. The van der Waals surface area contributed by atoms with Crippen molar-refractivity contribution < 1.29 is 9.53 Å². The van der Waals surface area contributed by atoms with Crippen LogP contribution in [0.1, 0.15) is 6.92 Å². The molecule has 0 heterocycles. The molecule has 48 valence electrons. The van der Waals surface area contributed by atoms with Crippen LogP contribution in [-0.4, -0.2) is 18.1 Å². The number of rotatable bonds is 2. The van der Waals surface area contributed by atoms with Crippen molar-refractivity contribution in [1.82, 2.24) is 0 Å². The van der Waals surface area contributed by atoms with Crippen molar-refractivity contribution >= 4 is 17.7 Å². The van der Waals surface area contributed by atoms with Gasteiger partial charge in [-0.2, -0.15) is 0 Å². The van der Waals surface area contributed by atoms with E-state index in [1.54, 1.807) is 6.92 Å². The first kappa shape index (κ1) is 7.56. The topological polar surface area (TPSA) is 52.3 Å². The third-order valence-corrected chi connectivity index (χ3v) is 0.969. The standard InChI is InChI=1S/C4H8ClNO2/c1-3(2-5)8-4(6)7/h3H,2H2,1H3,(H2,6,7)/t3-/m0/s1. The van der Waals surface area contributed by atoms with Gasteiger partial charge in [0.05, 0.1) is 5.88 Å². The SMILES string of the molecule is C[C@@H](CCl)OC(N)=O. The number of carbonyl (C=O) groups is 1. The van der Waals surface area contributed by atoms with Crippen LogP contribution in [0, 0.1) is 0 Å². The van der Waals surface area contributed by atoms with Crippen molar-refractivity contribution in [2.24, 2.45) is 5.73 Å². The fourth-order valence-electron chi connectivity index (χ4n) is 0.230. The average molecular weight is 138 g/mol. The zero-order valence-corrected chi connectivity index (χ0v) is 5.31. The molecule has 2 N–H and O–H groups in total. The van der Waals surface area contributed by atoms with E-state index in [1.807, 2.05) is 0 Å². The van der Waals surface area contributed by atoms with Gasteiger partial charge >= 0.3 is 6.09 Å². The van der Waals surface area contributed by atoms with Gasteiger partial charge in [0.2, 0.25) is 0 Å². The van der Waals surface area contributed by atoms with E-state index in [2.05, 4.69) is 10.5 Å². The van der Waals surface area contributed by atoms with Crippen molar-refractivity contribution in [3.05, 3.63) is 0 Å². The molecule has 0 unspecified atom stereocenters. The summed E-state index contributed by atoms with van der Waals surface area (Å²) in [6, 6.07) is 0. The van der Waals surface area contributed by atoms with E-state index in [9.17, 15) is 4.79 Å². The Morgan fingerprint density at radius 1 is 2.00 bits per heavy atom. The fourth-order valence-corrected chi connectivity index (χ4v) is 0.293. The molecule has 0 aromatic carbocycles. The molecular weight excluding hydrogens is 130 g/mol. The lowest BCUT2D eigenvalue weighted by atomic mass is 10.5. The van der Waals surface area contributed by atoms with Gasteiger partial charge in [-0.25, -0.2) is 4.79 Å². The van der Waals surface area contributed by atoms with Crippen molar-refractivity contribution in [3.63, 3.8) is 0 Å². The predicted octanol–water partition coefficient (Wildman–Crippen LogP) is 0.709. The molecule has 0 aliphatic carbocycles. The van der Waals surface area contributed by atoms with Crippen LogP contribution < -0.4 is 5.73 Å². The number of halogens is 1. The van der Waals surface area contributed by atoms with E-state index < -0.39 is 6.09 Å². The van der Waals surface area contributed by atoms with Gasteiger partial charge in [-0.05, 0) is 6.92 Å². The normalized spacial score (nSPS) is 12.8. The lowest BCUT2D eigenvalue weighted by Crippen LogP contribution is -2.21. The zero-order chi connectivity index (χ0) is 6.57. The highest BCUT2D eigenvalue weighted by Crippen LogP contribution is 1.91. The van der Waals surface area contributed by atoms with Gasteiger partial charge in [0.15, 0.2) is 0 Å². The average Bonchev–Trinajstić information content (AvgIpc) is 1.65. The summed E-state index contributed by atoms with van der Waals surface area (Å²) < 4.78 is 4.41. The van der Waals surface area contributed by atoms with Gasteiger partial charge in [-0.15, -0.1) is 11.6 Å². The second-order valence-corrected chi connectivity index (χ2v) is 1.71. The second-order valence-electron chi connectivity index (χ2n) is 1.40. The highest BCUT2D eigenvalue weighted by Gasteiger charge is 2.01. The molecule has 0 fully saturated rings. The second kappa shape index (κ2) is 3.55. The Morgan fingerprint density at radius 2 is 2.50 bits per heavy atom. The quantitative estimate of drug-likeness (QED) is 0.570. The number of alkyl halides is 1. The highest BCUT2D eigenvalue weighted by molar-refractivity contribution is 6.18. The van der Waals surface area contributed by atoms with Gasteiger partial charge in [0, 0.05) is 0 Å². The number of carbonyl (C=O) groups excluding carboxylic acids is 1. The molecule has 0 radical (unpaired) electrons. The molecule has 8 heavy (non-hydrogen) atoms. The van der Waals surface area contributed by atoms with Gasteiger partial charge in [-0.1, -0.05) is 0 Å². The summed E-state index contributed by atoms with van der Waals surface area (Å²) in [6.45, 7) is 1.66. The van der Waals surface area contributed by atoms with Crippen LogP contribution in [0.3, 0.4) is 0 Å². The minimum atomic E-state index is -0.779. The lowest BCUT2D eigenvalue weighted by molar-refractivity contribution is 0.127. The first-order valence-electron chi connectivity index (χ1n) is 2.19. The Kier molecular flexibility index (Phi) is 3.35. The van der Waals surface area contributed by atoms with E-state index in [0.717, 1.165) is 0 Å². The molecule has 0 aliphatic rings. The van der Waals surface area contributed by atoms with Gasteiger partial charge in [-0.3, -0.25) is 0 Å². The Bertz CT molecular complexity index is 86.1. The number of amides is 1. The summed E-state index contributed by atoms with van der Waals surface area (Å²) in [5.41, 5.74) is 4.65. The van der Waals surface area contributed by atoms with Crippen molar-refractivity contribution in [2.75, 3.05) is 5.88 Å². The van der Waals surface area contributed by atoms with Crippen LogP contribution >= 0.6 is 11.6 Å². The van der Waals surface area contributed by atoms with E-state index in [-0.39, 0.29) is 12.0 Å². The molecule has 0 aromatic heterocycles. The Labute approximate surface area is 52.8 Å². The minimum Gasteiger partial charge on any atom is -0.445 e. The molecule has 0 bridgehead atoms. The molecular formula is C4H8ClNO2. The van der Waals surface area contributed by atoms with Gasteiger partial charge < -0.3 is 10.5 Å². The van der Waals surface area contributed by atoms with Crippen LogP contribution in [0.2, 0.25) is 0 Å². The Balaban J connectivity index is 3.24. The van der Waals surface area contributed by atoms with Crippen LogP contribution in [0.5, 0.6) is 0 Å². The highest BCUT2D eigenvalue weighted by atomic mass is 35.5.